The first-order valence-electron chi connectivity index (χ1n) is 11.0. The van der Waals surface area contributed by atoms with E-state index in [2.05, 4.69) is 21.5 Å². The minimum atomic E-state index is -0.930. The molecule has 1 aliphatic heterocycles. The lowest BCUT2D eigenvalue weighted by Gasteiger charge is -2.35. The van der Waals surface area contributed by atoms with E-state index < -0.39 is 17.9 Å². The molecule has 11 heteroatoms. The van der Waals surface area contributed by atoms with Crippen LogP contribution in [0.5, 0.6) is 0 Å². The first kappa shape index (κ1) is 24.2. The number of nitrogens with two attached hydrogens (primary N) is 1. The number of tetrazole rings is 1. The zero-order valence-electron chi connectivity index (χ0n) is 19.9. The van der Waals surface area contributed by atoms with Crippen LogP contribution in [0, 0.1) is 11.3 Å². The maximum atomic E-state index is 13.1. The number of rotatable bonds is 6. The van der Waals surface area contributed by atoms with Crippen molar-refractivity contribution in [2.75, 3.05) is 19.1 Å². The van der Waals surface area contributed by atoms with Gasteiger partial charge in [-0.25, -0.2) is 9.59 Å². The van der Waals surface area contributed by atoms with E-state index in [1.807, 2.05) is 6.92 Å². The average molecular weight is 486 g/mol. The molecule has 1 atom stereocenters. The Hall–Kier alpha value is -4.98. The first-order valence-corrected chi connectivity index (χ1v) is 11.0. The second-order valence-corrected chi connectivity index (χ2v) is 7.70. The molecule has 0 saturated carbocycles. The summed E-state index contributed by atoms with van der Waals surface area (Å²) < 4.78 is 10.1. The van der Waals surface area contributed by atoms with E-state index in [1.165, 1.54) is 23.9 Å². The Morgan fingerprint density at radius 1 is 1.03 bits per heavy atom. The van der Waals surface area contributed by atoms with Crippen molar-refractivity contribution in [1.29, 1.82) is 5.26 Å². The molecule has 2 heterocycles. The smallest absolute Gasteiger partial charge is 0.355 e. The molecule has 1 aromatic heterocycles. The van der Waals surface area contributed by atoms with E-state index in [9.17, 15) is 14.9 Å². The quantitative estimate of drug-likeness (QED) is 0.514. The summed E-state index contributed by atoms with van der Waals surface area (Å²) in [5.41, 5.74) is 8.00. The Morgan fingerprint density at radius 2 is 1.67 bits per heavy atom. The summed E-state index contributed by atoms with van der Waals surface area (Å²) in [4.78, 5) is 28.9. The Labute approximate surface area is 207 Å². The van der Waals surface area contributed by atoms with Crippen molar-refractivity contribution in [3.8, 4) is 11.8 Å². The molecule has 0 bridgehead atoms. The van der Waals surface area contributed by atoms with Gasteiger partial charge in [-0.05, 0) is 35.0 Å². The molecule has 1 unspecified atom stereocenters. The molecule has 2 N–H and O–H groups in total. The number of carbonyl (C=O) groups is 2. The first-order chi connectivity index (χ1) is 17.4. The minimum Gasteiger partial charge on any atom is -0.466 e. The van der Waals surface area contributed by atoms with Crippen LogP contribution >= 0.6 is 0 Å². The van der Waals surface area contributed by atoms with Crippen molar-refractivity contribution >= 4 is 17.6 Å². The number of methoxy groups -OCH3 is 2. The molecule has 182 valence electrons. The van der Waals surface area contributed by atoms with E-state index in [4.69, 9.17) is 15.2 Å². The summed E-state index contributed by atoms with van der Waals surface area (Å²) in [5.74, 6) is -1.96. The number of hydrogen-bond acceptors (Lipinski definition) is 10. The summed E-state index contributed by atoms with van der Waals surface area (Å²) in [6, 6.07) is 17.7. The molecule has 3 aromatic rings. The van der Waals surface area contributed by atoms with Crippen molar-refractivity contribution in [2.24, 2.45) is 5.73 Å². The molecule has 0 saturated heterocycles. The zero-order chi connectivity index (χ0) is 25.8. The van der Waals surface area contributed by atoms with Crippen LogP contribution in [0.15, 0.2) is 77.3 Å². The Kier molecular flexibility index (Phi) is 6.78. The normalized spacial score (nSPS) is 15.5. The molecule has 4 rings (SSSR count). The van der Waals surface area contributed by atoms with Crippen LogP contribution in [-0.2, 0) is 25.5 Å². The van der Waals surface area contributed by atoms with Gasteiger partial charge >= 0.3 is 11.9 Å². The van der Waals surface area contributed by atoms with Gasteiger partial charge in [0.25, 0.3) is 0 Å². The highest BCUT2D eigenvalue weighted by Gasteiger charge is 2.42. The fourth-order valence-electron chi connectivity index (χ4n) is 4.01. The number of ether oxygens (including phenoxy) is 2. The van der Waals surface area contributed by atoms with Crippen molar-refractivity contribution < 1.29 is 19.1 Å². The topological polar surface area (TPSA) is 149 Å². The predicted molar refractivity (Wildman–Crippen MR) is 128 cm³/mol. The van der Waals surface area contributed by atoms with Gasteiger partial charge in [-0.15, -0.1) is 15.0 Å². The number of esters is 2. The van der Waals surface area contributed by atoms with Gasteiger partial charge in [0.15, 0.2) is 5.82 Å². The number of nitriles is 1. The van der Waals surface area contributed by atoms with Gasteiger partial charge in [0, 0.05) is 12.1 Å². The number of aromatic nitrogens is 4. The predicted octanol–water partition coefficient (Wildman–Crippen LogP) is 2.12. The minimum absolute atomic E-state index is 0.0145. The number of hydrogen-bond donors (Lipinski definition) is 1. The summed E-state index contributed by atoms with van der Waals surface area (Å²) in [6.45, 7) is 1.92. The molecule has 0 aliphatic carbocycles. The third-order valence-electron chi connectivity index (χ3n) is 5.72. The van der Waals surface area contributed by atoms with Crippen LogP contribution in [0.4, 0.5) is 5.69 Å². The molecular weight excluding hydrogens is 462 g/mol. The van der Waals surface area contributed by atoms with Crippen LogP contribution < -0.4 is 10.6 Å². The third-order valence-corrected chi connectivity index (χ3v) is 5.72. The van der Waals surface area contributed by atoms with E-state index in [0.717, 1.165) is 0 Å². The highest BCUT2D eigenvalue weighted by atomic mass is 16.5. The third kappa shape index (κ3) is 4.16. The monoisotopic (exact) mass is 485 g/mol. The van der Waals surface area contributed by atoms with Crippen molar-refractivity contribution in [3.05, 3.63) is 88.6 Å². The molecule has 36 heavy (non-hydrogen) atoms. The highest BCUT2D eigenvalue weighted by Crippen LogP contribution is 2.43. The molecule has 1 aliphatic rings. The van der Waals surface area contributed by atoms with Crippen LogP contribution in [-0.4, -0.2) is 46.4 Å². The van der Waals surface area contributed by atoms with Crippen LogP contribution in [0.3, 0.4) is 0 Å². The fraction of sp³-hybridized carbons (Fsp3) is 0.200. The zero-order valence-corrected chi connectivity index (χ0v) is 19.9. The number of benzene rings is 2. The number of allylic oxidation sites excluding steroid dienone is 1. The second-order valence-electron chi connectivity index (χ2n) is 7.70. The Morgan fingerprint density at radius 3 is 2.22 bits per heavy atom. The van der Waals surface area contributed by atoms with E-state index in [-0.39, 0.29) is 22.7 Å². The summed E-state index contributed by atoms with van der Waals surface area (Å²) in [6.07, 6.45) is 0.635. The van der Waals surface area contributed by atoms with Gasteiger partial charge in [0.2, 0.25) is 0 Å². The lowest BCUT2D eigenvalue weighted by molar-refractivity contribution is -0.139. The largest absolute Gasteiger partial charge is 0.466 e. The van der Waals surface area contributed by atoms with Gasteiger partial charge in [-0.2, -0.15) is 5.26 Å². The standard InChI is InChI=1S/C25H23N7O4/c1-4-19-28-30-32(29-19)17-12-10-16(11-13-17)31-22(25(34)36-3)21(24(33)35-2)20(18(14-26)23(31)27)15-8-6-5-7-9-15/h5-13,20H,4,27H2,1-3H3. The number of anilines is 1. The van der Waals surface area contributed by atoms with E-state index in [0.29, 0.717) is 29.2 Å². The maximum absolute atomic E-state index is 13.1. The molecule has 0 spiro atoms. The van der Waals surface area contributed by atoms with Crippen molar-refractivity contribution in [1.82, 2.24) is 20.2 Å². The second kappa shape index (κ2) is 10.1. The highest BCUT2D eigenvalue weighted by molar-refractivity contribution is 6.06. The van der Waals surface area contributed by atoms with Gasteiger partial charge in [-0.3, -0.25) is 4.90 Å². The van der Waals surface area contributed by atoms with E-state index >= 15 is 0 Å². The molecule has 2 aromatic carbocycles. The molecule has 11 nitrogen and oxygen atoms in total. The van der Waals surface area contributed by atoms with Crippen LogP contribution in [0.2, 0.25) is 0 Å². The molecule has 0 fully saturated rings. The number of aryl methyl sites for hydroxylation is 1. The molecule has 0 radical (unpaired) electrons. The van der Waals surface area contributed by atoms with Gasteiger partial charge < -0.3 is 15.2 Å². The van der Waals surface area contributed by atoms with E-state index in [1.54, 1.807) is 54.6 Å². The average Bonchev–Trinajstić information content (AvgIpc) is 3.41. The van der Waals surface area contributed by atoms with Crippen molar-refractivity contribution in [3.63, 3.8) is 0 Å². The van der Waals surface area contributed by atoms with Crippen molar-refractivity contribution in [2.45, 2.75) is 19.3 Å². The Bertz CT molecular complexity index is 1400. The lowest BCUT2D eigenvalue weighted by Crippen LogP contribution is -2.40. The Balaban J connectivity index is 1.92. The fourth-order valence-corrected chi connectivity index (χ4v) is 4.01. The van der Waals surface area contributed by atoms with Crippen LogP contribution in [0.1, 0.15) is 24.2 Å². The van der Waals surface area contributed by atoms with Crippen LogP contribution in [0.25, 0.3) is 5.69 Å². The maximum Gasteiger partial charge on any atom is 0.355 e. The summed E-state index contributed by atoms with van der Waals surface area (Å²) in [7, 11) is 2.40. The number of carbonyl (C=O) groups excluding carboxylic acids is 2. The summed E-state index contributed by atoms with van der Waals surface area (Å²) in [5, 5.41) is 22.4. The molecular formula is C25H23N7O4. The van der Waals surface area contributed by atoms with Gasteiger partial charge in [0.05, 0.1) is 43.0 Å². The lowest BCUT2D eigenvalue weighted by atomic mass is 9.81. The SMILES string of the molecule is CCc1nnn(-c2ccc(N3C(N)=C(C#N)C(c4ccccc4)C(C(=O)OC)=C3C(=O)OC)cc2)n1. The number of nitrogens with zero attached hydrogens (tertiary/aromatic N) is 6. The molecule has 0 amide bonds. The van der Waals surface area contributed by atoms with Gasteiger partial charge in [0.1, 0.15) is 11.5 Å². The summed E-state index contributed by atoms with van der Waals surface area (Å²) >= 11 is 0. The van der Waals surface area contributed by atoms with Gasteiger partial charge in [-0.1, -0.05) is 37.3 Å².